The Bertz CT molecular complexity index is 1030. The minimum atomic E-state index is -0.203. The Morgan fingerprint density at radius 1 is 1.21 bits per heavy atom. The lowest BCUT2D eigenvalue weighted by atomic mass is 10.2. The van der Waals surface area contributed by atoms with Crippen molar-refractivity contribution < 1.29 is 14.3 Å². The summed E-state index contributed by atoms with van der Waals surface area (Å²) >= 11 is 7.92. The first-order valence-corrected chi connectivity index (χ1v) is 10.2. The van der Waals surface area contributed by atoms with Crippen molar-refractivity contribution in [3.05, 3.63) is 40.4 Å². The van der Waals surface area contributed by atoms with Crippen molar-refractivity contribution in [2.24, 2.45) is 0 Å². The van der Waals surface area contributed by atoms with Gasteiger partial charge in [-0.05, 0) is 18.2 Å². The SMILES string of the molecule is CC(C)c1nc2ccc(NCC(=O)Nc3cc4c(cc3Cl)OCCO4)cc2s1. The zero-order valence-electron chi connectivity index (χ0n) is 15.5. The Hall–Kier alpha value is -2.51. The number of ether oxygens (including phenoxy) is 2. The highest BCUT2D eigenvalue weighted by Crippen LogP contribution is 2.38. The Kier molecular flexibility index (Phi) is 5.28. The highest BCUT2D eigenvalue weighted by Gasteiger charge is 2.16. The number of benzene rings is 2. The zero-order valence-corrected chi connectivity index (χ0v) is 17.1. The number of carbonyl (C=O) groups excluding carboxylic acids is 1. The minimum Gasteiger partial charge on any atom is -0.486 e. The number of fused-ring (bicyclic) bond motifs is 2. The molecule has 1 aliphatic heterocycles. The standard InChI is InChI=1S/C20H20ClN3O3S/c1-11(2)20-24-14-4-3-12(7-18(14)28-20)22-10-19(25)23-15-9-17-16(8-13(15)21)26-5-6-27-17/h3-4,7-9,11,22H,5-6,10H2,1-2H3,(H,23,25). The number of carbonyl (C=O) groups is 1. The van der Waals surface area contributed by atoms with Crippen LogP contribution >= 0.6 is 22.9 Å². The lowest BCUT2D eigenvalue weighted by molar-refractivity contribution is -0.114. The molecule has 0 unspecified atom stereocenters. The van der Waals surface area contributed by atoms with E-state index < -0.39 is 0 Å². The second kappa shape index (κ2) is 7.85. The summed E-state index contributed by atoms with van der Waals surface area (Å²) in [5.41, 5.74) is 2.35. The van der Waals surface area contributed by atoms with E-state index in [4.69, 9.17) is 21.1 Å². The summed E-state index contributed by atoms with van der Waals surface area (Å²) in [7, 11) is 0. The second-order valence-corrected chi connectivity index (χ2v) is 8.24. The van der Waals surface area contributed by atoms with Gasteiger partial charge in [0, 0.05) is 23.7 Å². The maximum Gasteiger partial charge on any atom is 0.243 e. The number of amides is 1. The van der Waals surface area contributed by atoms with Crippen LogP contribution < -0.4 is 20.1 Å². The third kappa shape index (κ3) is 4.00. The molecule has 1 aliphatic rings. The van der Waals surface area contributed by atoms with Crippen LogP contribution in [0.3, 0.4) is 0 Å². The van der Waals surface area contributed by atoms with Gasteiger partial charge in [-0.25, -0.2) is 4.98 Å². The summed E-state index contributed by atoms with van der Waals surface area (Å²) in [5.74, 6) is 1.36. The van der Waals surface area contributed by atoms with E-state index in [1.54, 1.807) is 23.5 Å². The smallest absolute Gasteiger partial charge is 0.243 e. The summed E-state index contributed by atoms with van der Waals surface area (Å²) in [6.07, 6.45) is 0. The van der Waals surface area contributed by atoms with E-state index in [2.05, 4.69) is 29.5 Å². The summed E-state index contributed by atoms with van der Waals surface area (Å²) in [5, 5.41) is 7.47. The molecule has 0 bridgehead atoms. The van der Waals surface area contributed by atoms with Crippen LogP contribution in [-0.4, -0.2) is 30.6 Å². The molecule has 8 heteroatoms. The molecule has 0 spiro atoms. The zero-order chi connectivity index (χ0) is 19.7. The normalized spacial score (nSPS) is 13.0. The average molecular weight is 418 g/mol. The molecule has 0 saturated heterocycles. The molecule has 28 heavy (non-hydrogen) atoms. The van der Waals surface area contributed by atoms with Crippen LogP contribution in [0.4, 0.5) is 11.4 Å². The van der Waals surface area contributed by atoms with Gasteiger partial charge in [0.1, 0.15) is 13.2 Å². The maximum atomic E-state index is 12.3. The van der Waals surface area contributed by atoms with Gasteiger partial charge in [0.25, 0.3) is 0 Å². The van der Waals surface area contributed by atoms with Crippen LogP contribution in [0.1, 0.15) is 24.8 Å². The molecule has 0 saturated carbocycles. The van der Waals surface area contributed by atoms with Gasteiger partial charge in [0.2, 0.25) is 5.91 Å². The fraction of sp³-hybridized carbons (Fsp3) is 0.300. The predicted molar refractivity (Wildman–Crippen MR) is 113 cm³/mol. The van der Waals surface area contributed by atoms with Gasteiger partial charge in [-0.2, -0.15) is 0 Å². The first kappa shape index (κ1) is 18.8. The van der Waals surface area contributed by atoms with E-state index in [9.17, 15) is 4.79 Å². The van der Waals surface area contributed by atoms with E-state index in [0.717, 1.165) is 20.9 Å². The van der Waals surface area contributed by atoms with E-state index in [1.165, 1.54) is 0 Å². The molecule has 2 heterocycles. The van der Waals surface area contributed by atoms with Gasteiger partial charge in [-0.3, -0.25) is 4.79 Å². The van der Waals surface area contributed by atoms with E-state index >= 15 is 0 Å². The van der Waals surface area contributed by atoms with Crippen LogP contribution in [0.15, 0.2) is 30.3 Å². The van der Waals surface area contributed by atoms with Crippen LogP contribution in [0.2, 0.25) is 5.02 Å². The number of aromatic nitrogens is 1. The molecular formula is C20H20ClN3O3S. The number of hydrogen-bond donors (Lipinski definition) is 2. The van der Waals surface area contributed by atoms with Crippen molar-refractivity contribution in [2.75, 3.05) is 30.4 Å². The first-order chi connectivity index (χ1) is 13.5. The molecule has 2 aromatic carbocycles. The molecule has 0 radical (unpaired) electrons. The third-order valence-corrected chi connectivity index (χ3v) is 5.89. The highest BCUT2D eigenvalue weighted by molar-refractivity contribution is 7.18. The van der Waals surface area contributed by atoms with Crippen molar-refractivity contribution in [3.8, 4) is 11.5 Å². The van der Waals surface area contributed by atoms with E-state index in [0.29, 0.717) is 41.3 Å². The molecule has 146 valence electrons. The largest absolute Gasteiger partial charge is 0.486 e. The van der Waals surface area contributed by atoms with Gasteiger partial charge >= 0.3 is 0 Å². The molecule has 4 rings (SSSR count). The van der Waals surface area contributed by atoms with Crippen LogP contribution in [0.5, 0.6) is 11.5 Å². The summed E-state index contributed by atoms with van der Waals surface area (Å²) in [6, 6.07) is 9.25. The van der Waals surface area contributed by atoms with Gasteiger partial charge < -0.3 is 20.1 Å². The summed E-state index contributed by atoms with van der Waals surface area (Å²) in [4.78, 5) is 17.0. The second-order valence-electron chi connectivity index (χ2n) is 6.77. The van der Waals surface area contributed by atoms with Crippen molar-refractivity contribution in [1.29, 1.82) is 0 Å². The van der Waals surface area contributed by atoms with Crippen LogP contribution in [0.25, 0.3) is 10.2 Å². The molecule has 0 fully saturated rings. The Labute approximate surface area is 171 Å². The maximum absolute atomic E-state index is 12.3. The molecule has 3 aromatic rings. The topological polar surface area (TPSA) is 72.5 Å². The number of nitrogens with one attached hydrogen (secondary N) is 2. The van der Waals surface area contributed by atoms with E-state index in [1.807, 2.05) is 18.2 Å². The third-order valence-electron chi connectivity index (χ3n) is 4.26. The fourth-order valence-corrected chi connectivity index (χ4v) is 4.05. The Morgan fingerprint density at radius 3 is 2.71 bits per heavy atom. The lowest BCUT2D eigenvalue weighted by Crippen LogP contribution is -2.22. The number of halogens is 1. The average Bonchev–Trinajstić information content (AvgIpc) is 3.11. The molecule has 0 atom stereocenters. The van der Waals surface area contributed by atoms with Gasteiger partial charge in [-0.1, -0.05) is 25.4 Å². The predicted octanol–water partition coefficient (Wildman–Crippen LogP) is 4.89. The number of anilines is 2. The molecule has 2 N–H and O–H groups in total. The number of thiazole rings is 1. The van der Waals surface area contributed by atoms with Gasteiger partial charge in [0.15, 0.2) is 11.5 Å². The quantitative estimate of drug-likeness (QED) is 0.618. The fourth-order valence-electron chi connectivity index (χ4n) is 2.84. The first-order valence-electron chi connectivity index (χ1n) is 9.03. The van der Waals surface area contributed by atoms with Crippen LogP contribution in [0, 0.1) is 0 Å². The van der Waals surface area contributed by atoms with Gasteiger partial charge in [0.05, 0.1) is 32.5 Å². The van der Waals surface area contributed by atoms with Crippen molar-refractivity contribution >= 4 is 50.4 Å². The molecule has 1 amide bonds. The Balaban J connectivity index is 1.41. The number of rotatable bonds is 5. The number of hydrogen-bond acceptors (Lipinski definition) is 6. The summed E-state index contributed by atoms with van der Waals surface area (Å²) in [6.45, 7) is 5.34. The van der Waals surface area contributed by atoms with Gasteiger partial charge in [-0.15, -0.1) is 11.3 Å². The molecular weight excluding hydrogens is 398 g/mol. The molecule has 6 nitrogen and oxygen atoms in total. The molecule has 0 aliphatic carbocycles. The van der Waals surface area contributed by atoms with Crippen molar-refractivity contribution in [3.63, 3.8) is 0 Å². The number of nitrogens with zero attached hydrogens (tertiary/aromatic N) is 1. The van der Waals surface area contributed by atoms with E-state index in [-0.39, 0.29) is 12.5 Å². The lowest BCUT2D eigenvalue weighted by Gasteiger charge is -2.20. The highest BCUT2D eigenvalue weighted by atomic mass is 35.5. The van der Waals surface area contributed by atoms with Crippen LogP contribution in [-0.2, 0) is 4.79 Å². The summed E-state index contributed by atoms with van der Waals surface area (Å²) < 4.78 is 12.1. The molecule has 1 aromatic heterocycles. The minimum absolute atomic E-state index is 0.117. The van der Waals surface area contributed by atoms with Crippen molar-refractivity contribution in [2.45, 2.75) is 19.8 Å². The van der Waals surface area contributed by atoms with Crippen molar-refractivity contribution in [1.82, 2.24) is 4.98 Å². The monoisotopic (exact) mass is 417 g/mol. The Morgan fingerprint density at radius 2 is 1.96 bits per heavy atom.